The van der Waals surface area contributed by atoms with Crippen LogP contribution in [0.2, 0.25) is 0 Å². The van der Waals surface area contributed by atoms with Gasteiger partial charge in [0.25, 0.3) is 0 Å². The first-order chi connectivity index (χ1) is 10.1. The van der Waals surface area contributed by atoms with E-state index >= 15 is 0 Å². The fourth-order valence-electron chi connectivity index (χ4n) is 2.62. The zero-order chi connectivity index (χ0) is 15.2. The van der Waals surface area contributed by atoms with Crippen molar-refractivity contribution < 1.29 is 4.39 Å². The molecule has 0 heterocycles. The Morgan fingerprint density at radius 3 is 2.33 bits per heavy atom. The summed E-state index contributed by atoms with van der Waals surface area (Å²) in [7, 11) is 2.07. The molecule has 0 aliphatic rings. The number of hydrogen-bond acceptors (Lipinski definition) is 2. The van der Waals surface area contributed by atoms with Gasteiger partial charge in [0, 0.05) is 24.7 Å². The monoisotopic (exact) mass is 286 g/mol. The standard InChI is InChI=1S/C18H23FN2/c1-14(18(20)16-10-6-7-11-17(16)19)12-21(2)13-15-8-4-3-5-9-15/h3-11,14,18H,12-13,20H2,1-2H3. The van der Waals surface area contributed by atoms with E-state index in [0.29, 0.717) is 5.56 Å². The zero-order valence-electron chi connectivity index (χ0n) is 12.7. The predicted molar refractivity (Wildman–Crippen MR) is 85.3 cm³/mol. The number of hydrogen-bond donors (Lipinski definition) is 1. The van der Waals surface area contributed by atoms with E-state index in [2.05, 4.69) is 31.0 Å². The second-order valence-electron chi connectivity index (χ2n) is 5.71. The molecular formula is C18H23FN2. The Labute approximate surface area is 126 Å². The van der Waals surface area contributed by atoms with Crippen LogP contribution in [-0.2, 0) is 6.54 Å². The van der Waals surface area contributed by atoms with Crippen molar-refractivity contribution in [2.45, 2.75) is 19.5 Å². The summed E-state index contributed by atoms with van der Waals surface area (Å²) in [5.41, 5.74) is 8.08. The van der Waals surface area contributed by atoms with E-state index in [1.807, 2.05) is 24.3 Å². The summed E-state index contributed by atoms with van der Waals surface area (Å²) in [5.74, 6) is -0.0434. The van der Waals surface area contributed by atoms with Crippen LogP contribution in [0.15, 0.2) is 54.6 Å². The average Bonchev–Trinajstić information content (AvgIpc) is 2.48. The lowest BCUT2D eigenvalue weighted by Crippen LogP contribution is -2.31. The first kappa shape index (κ1) is 15.7. The van der Waals surface area contributed by atoms with E-state index in [1.54, 1.807) is 12.1 Å². The molecule has 2 rings (SSSR count). The Balaban J connectivity index is 1.94. The van der Waals surface area contributed by atoms with Gasteiger partial charge in [-0.05, 0) is 24.6 Å². The second-order valence-corrected chi connectivity index (χ2v) is 5.71. The topological polar surface area (TPSA) is 29.3 Å². The number of benzene rings is 2. The van der Waals surface area contributed by atoms with Crippen molar-refractivity contribution in [1.82, 2.24) is 4.90 Å². The van der Waals surface area contributed by atoms with E-state index in [9.17, 15) is 4.39 Å². The molecule has 0 saturated heterocycles. The molecule has 0 bridgehead atoms. The smallest absolute Gasteiger partial charge is 0.127 e. The first-order valence-electron chi connectivity index (χ1n) is 7.30. The maximum absolute atomic E-state index is 13.8. The number of nitrogens with two attached hydrogens (primary N) is 1. The van der Waals surface area contributed by atoms with Crippen molar-refractivity contribution in [2.75, 3.05) is 13.6 Å². The number of nitrogens with zero attached hydrogens (tertiary/aromatic N) is 1. The van der Waals surface area contributed by atoms with Crippen LogP contribution < -0.4 is 5.73 Å². The van der Waals surface area contributed by atoms with Crippen molar-refractivity contribution in [3.63, 3.8) is 0 Å². The highest BCUT2D eigenvalue weighted by Crippen LogP contribution is 2.22. The van der Waals surface area contributed by atoms with Crippen LogP contribution in [0.1, 0.15) is 24.1 Å². The Hall–Kier alpha value is -1.71. The van der Waals surface area contributed by atoms with Crippen LogP contribution >= 0.6 is 0 Å². The molecule has 2 nitrogen and oxygen atoms in total. The van der Waals surface area contributed by atoms with E-state index in [1.165, 1.54) is 11.6 Å². The van der Waals surface area contributed by atoms with Crippen molar-refractivity contribution in [1.29, 1.82) is 0 Å². The molecule has 2 aromatic carbocycles. The fraction of sp³-hybridized carbons (Fsp3) is 0.333. The van der Waals surface area contributed by atoms with Crippen LogP contribution in [0, 0.1) is 11.7 Å². The highest BCUT2D eigenvalue weighted by atomic mass is 19.1. The Bertz CT molecular complexity index is 556. The van der Waals surface area contributed by atoms with Crippen LogP contribution in [0.3, 0.4) is 0 Å². The minimum Gasteiger partial charge on any atom is -0.324 e. The van der Waals surface area contributed by atoms with Crippen molar-refractivity contribution in [2.24, 2.45) is 11.7 Å². The molecule has 0 saturated carbocycles. The van der Waals surface area contributed by atoms with Gasteiger partial charge < -0.3 is 10.6 Å². The molecule has 0 fully saturated rings. The van der Waals surface area contributed by atoms with Gasteiger partial charge in [-0.25, -0.2) is 4.39 Å². The summed E-state index contributed by atoms with van der Waals surface area (Å²) in [6.07, 6.45) is 0. The Morgan fingerprint density at radius 2 is 1.67 bits per heavy atom. The third kappa shape index (κ3) is 4.38. The molecular weight excluding hydrogens is 263 g/mol. The van der Waals surface area contributed by atoms with Gasteiger partial charge in [-0.1, -0.05) is 55.5 Å². The van der Waals surface area contributed by atoms with E-state index < -0.39 is 0 Å². The van der Waals surface area contributed by atoms with Crippen molar-refractivity contribution >= 4 is 0 Å². The summed E-state index contributed by atoms with van der Waals surface area (Å²) < 4.78 is 13.8. The van der Waals surface area contributed by atoms with E-state index in [-0.39, 0.29) is 17.8 Å². The molecule has 21 heavy (non-hydrogen) atoms. The lowest BCUT2D eigenvalue weighted by atomic mass is 9.94. The van der Waals surface area contributed by atoms with Gasteiger partial charge in [-0.15, -0.1) is 0 Å². The van der Waals surface area contributed by atoms with Crippen molar-refractivity contribution in [3.8, 4) is 0 Å². The number of rotatable bonds is 6. The highest BCUT2D eigenvalue weighted by molar-refractivity contribution is 5.21. The summed E-state index contributed by atoms with van der Waals surface area (Å²) >= 11 is 0. The maximum Gasteiger partial charge on any atom is 0.127 e. The third-order valence-corrected chi connectivity index (χ3v) is 3.77. The molecule has 3 heteroatoms. The highest BCUT2D eigenvalue weighted by Gasteiger charge is 2.19. The minimum atomic E-state index is -0.288. The van der Waals surface area contributed by atoms with Gasteiger partial charge in [-0.3, -0.25) is 0 Å². The lowest BCUT2D eigenvalue weighted by Gasteiger charge is -2.26. The summed E-state index contributed by atoms with van der Waals surface area (Å²) in [6.45, 7) is 3.76. The maximum atomic E-state index is 13.8. The molecule has 0 aliphatic heterocycles. The molecule has 112 valence electrons. The zero-order valence-corrected chi connectivity index (χ0v) is 12.7. The minimum absolute atomic E-state index is 0.176. The van der Waals surface area contributed by atoms with Gasteiger partial charge in [-0.2, -0.15) is 0 Å². The molecule has 0 radical (unpaired) electrons. The van der Waals surface area contributed by atoms with Crippen LogP contribution in [-0.4, -0.2) is 18.5 Å². The van der Waals surface area contributed by atoms with Crippen LogP contribution in [0.25, 0.3) is 0 Å². The average molecular weight is 286 g/mol. The lowest BCUT2D eigenvalue weighted by molar-refractivity contribution is 0.256. The fourth-order valence-corrected chi connectivity index (χ4v) is 2.62. The molecule has 2 N–H and O–H groups in total. The summed E-state index contributed by atoms with van der Waals surface area (Å²) in [5, 5.41) is 0. The van der Waals surface area contributed by atoms with Crippen LogP contribution in [0.5, 0.6) is 0 Å². The predicted octanol–water partition coefficient (Wildman–Crippen LogP) is 3.59. The van der Waals surface area contributed by atoms with Crippen LogP contribution in [0.4, 0.5) is 4.39 Å². The van der Waals surface area contributed by atoms with E-state index in [0.717, 1.165) is 13.1 Å². The SMILES string of the molecule is CC(CN(C)Cc1ccccc1)C(N)c1ccccc1F. The van der Waals surface area contributed by atoms with Gasteiger partial charge >= 0.3 is 0 Å². The summed E-state index contributed by atoms with van der Waals surface area (Å²) in [4.78, 5) is 2.22. The van der Waals surface area contributed by atoms with Crippen molar-refractivity contribution in [3.05, 3.63) is 71.5 Å². The Morgan fingerprint density at radius 1 is 1.05 bits per heavy atom. The first-order valence-corrected chi connectivity index (χ1v) is 7.30. The molecule has 0 aromatic heterocycles. The summed E-state index contributed by atoms with van der Waals surface area (Å²) in [6, 6.07) is 16.8. The largest absolute Gasteiger partial charge is 0.324 e. The van der Waals surface area contributed by atoms with Gasteiger partial charge in [0.2, 0.25) is 0 Å². The molecule has 0 spiro atoms. The third-order valence-electron chi connectivity index (χ3n) is 3.77. The van der Waals surface area contributed by atoms with Gasteiger partial charge in [0.05, 0.1) is 0 Å². The second kappa shape index (κ2) is 7.34. The van der Waals surface area contributed by atoms with Gasteiger partial charge in [0.1, 0.15) is 5.82 Å². The molecule has 0 amide bonds. The molecule has 2 atom stereocenters. The normalized spacial score (nSPS) is 14.1. The Kier molecular flexibility index (Phi) is 5.48. The van der Waals surface area contributed by atoms with Gasteiger partial charge in [0.15, 0.2) is 0 Å². The number of halogens is 1. The van der Waals surface area contributed by atoms with E-state index in [4.69, 9.17) is 5.73 Å². The molecule has 0 aliphatic carbocycles. The quantitative estimate of drug-likeness (QED) is 0.879. The molecule has 2 aromatic rings. The molecule has 2 unspecified atom stereocenters.